The lowest BCUT2D eigenvalue weighted by Gasteiger charge is -2.17. The van der Waals surface area contributed by atoms with Gasteiger partial charge in [0.15, 0.2) is 11.5 Å². The van der Waals surface area contributed by atoms with E-state index < -0.39 is 0 Å². The molecule has 0 aromatic heterocycles. The Morgan fingerprint density at radius 2 is 1.50 bits per heavy atom. The number of ether oxygens (including phenoxy) is 1. The lowest BCUT2D eigenvalue weighted by atomic mass is 10.0. The highest BCUT2D eigenvalue weighted by molar-refractivity contribution is 5.78. The highest BCUT2D eigenvalue weighted by Gasteiger charge is 2.27. The van der Waals surface area contributed by atoms with Crippen molar-refractivity contribution in [1.82, 2.24) is 5.32 Å². The lowest BCUT2D eigenvalue weighted by Crippen LogP contribution is -2.20. The van der Waals surface area contributed by atoms with E-state index in [0.29, 0.717) is 12.3 Å². The molecule has 0 radical (unpaired) electrons. The van der Waals surface area contributed by atoms with Gasteiger partial charge in [-0.3, -0.25) is 0 Å². The number of benzene rings is 3. The van der Waals surface area contributed by atoms with Gasteiger partial charge in [0.2, 0.25) is 0 Å². The van der Waals surface area contributed by atoms with Crippen molar-refractivity contribution in [1.29, 1.82) is 0 Å². The van der Waals surface area contributed by atoms with Crippen LogP contribution < -0.4 is 10.1 Å². The summed E-state index contributed by atoms with van der Waals surface area (Å²) in [4.78, 5) is 0. The SMILES string of the molecule is COc1c(O)cccc1CNC1c2ccccc2-c2ccccc21. The summed E-state index contributed by atoms with van der Waals surface area (Å²) in [6.45, 7) is 0.616. The number of fused-ring (bicyclic) bond motifs is 3. The second-order valence-electron chi connectivity index (χ2n) is 5.96. The van der Waals surface area contributed by atoms with Gasteiger partial charge in [0.1, 0.15) is 0 Å². The van der Waals surface area contributed by atoms with Gasteiger partial charge in [0, 0.05) is 12.1 Å². The molecule has 24 heavy (non-hydrogen) atoms. The fraction of sp³-hybridized carbons (Fsp3) is 0.143. The molecule has 0 saturated carbocycles. The van der Waals surface area contributed by atoms with Gasteiger partial charge in [0.25, 0.3) is 0 Å². The lowest BCUT2D eigenvalue weighted by molar-refractivity contribution is 0.367. The molecule has 0 bridgehead atoms. The zero-order valence-electron chi connectivity index (χ0n) is 13.5. The van der Waals surface area contributed by atoms with Crippen LogP contribution in [0.25, 0.3) is 11.1 Å². The topological polar surface area (TPSA) is 41.5 Å². The average Bonchev–Trinajstić information content (AvgIpc) is 2.94. The summed E-state index contributed by atoms with van der Waals surface area (Å²) in [5.41, 5.74) is 6.09. The summed E-state index contributed by atoms with van der Waals surface area (Å²) >= 11 is 0. The minimum atomic E-state index is 0.143. The van der Waals surface area contributed by atoms with Crippen LogP contribution in [0.1, 0.15) is 22.7 Å². The van der Waals surface area contributed by atoms with Gasteiger partial charge in [-0.15, -0.1) is 0 Å². The van der Waals surface area contributed by atoms with Crippen molar-refractivity contribution in [3.05, 3.63) is 83.4 Å². The second kappa shape index (κ2) is 6.02. The van der Waals surface area contributed by atoms with Crippen LogP contribution in [0.15, 0.2) is 66.7 Å². The monoisotopic (exact) mass is 317 g/mol. The first kappa shape index (κ1) is 14.8. The summed E-state index contributed by atoms with van der Waals surface area (Å²) < 4.78 is 5.34. The first-order valence-electron chi connectivity index (χ1n) is 8.06. The Balaban J connectivity index is 1.67. The number of methoxy groups -OCH3 is 1. The second-order valence-corrected chi connectivity index (χ2v) is 5.96. The first-order chi connectivity index (χ1) is 11.8. The van der Waals surface area contributed by atoms with Crippen molar-refractivity contribution < 1.29 is 9.84 Å². The van der Waals surface area contributed by atoms with E-state index in [2.05, 4.69) is 53.8 Å². The van der Waals surface area contributed by atoms with E-state index in [1.807, 2.05) is 12.1 Å². The predicted molar refractivity (Wildman–Crippen MR) is 95.2 cm³/mol. The first-order valence-corrected chi connectivity index (χ1v) is 8.06. The molecule has 3 heteroatoms. The summed E-state index contributed by atoms with van der Waals surface area (Å²) in [5.74, 6) is 0.702. The Hall–Kier alpha value is -2.78. The maximum atomic E-state index is 9.95. The molecule has 120 valence electrons. The molecule has 0 aliphatic heterocycles. The van der Waals surface area contributed by atoms with Crippen LogP contribution in [-0.4, -0.2) is 12.2 Å². The molecular formula is C21H19NO2. The van der Waals surface area contributed by atoms with E-state index >= 15 is 0 Å². The maximum absolute atomic E-state index is 9.95. The van der Waals surface area contributed by atoms with Crippen LogP contribution in [0.5, 0.6) is 11.5 Å². The molecule has 0 amide bonds. The third-order valence-corrected chi connectivity index (χ3v) is 4.61. The highest BCUT2D eigenvalue weighted by Crippen LogP contribution is 2.43. The van der Waals surface area contributed by atoms with Crippen LogP contribution in [0.3, 0.4) is 0 Å². The van der Waals surface area contributed by atoms with Crippen molar-refractivity contribution in [3.63, 3.8) is 0 Å². The standard InChI is InChI=1S/C21H19NO2/c1-24-21-14(7-6-12-19(21)23)13-22-20-17-10-4-2-8-15(17)16-9-3-5-11-18(16)20/h2-12,20,22-23H,13H2,1H3. The minimum Gasteiger partial charge on any atom is -0.504 e. The van der Waals surface area contributed by atoms with Gasteiger partial charge < -0.3 is 15.2 Å². The average molecular weight is 317 g/mol. The molecule has 3 aromatic carbocycles. The number of hydrogen-bond acceptors (Lipinski definition) is 3. The molecule has 0 fully saturated rings. The molecule has 0 heterocycles. The number of nitrogens with one attached hydrogen (secondary N) is 1. The fourth-order valence-corrected chi connectivity index (χ4v) is 3.53. The molecule has 1 aliphatic carbocycles. The molecule has 0 unspecified atom stereocenters. The smallest absolute Gasteiger partial charge is 0.164 e. The number of phenols is 1. The molecule has 3 aromatic rings. The fourth-order valence-electron chi connectivity index (χ4n) is 3.53. The Labute approximate surface area is 141 Å². The number of para-hydroxylation sites is 1. The molecule has 0 atom stereocenters. The summed E-state index contributed by atoms with van der Waals surface area (Å²) in [6, 6.07) is 22.6. The molecule has 0 saturated heterocycles. The van der Waals surface area contributed by atoms with E-state index in [1.165, 1.54) is 22.3 Å². The van der Waals surface area contributed by atoms with Crippen LogP contribution in [0.2, 0.25) is 0 Å². The number of hydrogen-bond donors (Lipinski definition) is 2. The molecule has 0 spiro atoms. The number of rotatable bonds is 4. The normalized spacial score (nSPS) is 12.7. The Bertz CT molecular complexity index is 843. The minimum absolute atomic E-state index is 0.143. The zero-order chi connectivity index (χ0) is 16.5. The molecule has 4 rings (SSSR count). The van der Waals surface area contributed by atoms with Gasteiger partial charge in [-0.05, 0) is 28.3 Å². The highest BCUT2D eigenvalue weighted by atomic mass is 16.5. The molecular weight excluding hydrogens is 298 g/mol. The van der Waals surface area contributed by atoms with Crippen molar-refractivity contribution in [2.45, 2.75) is 12.6 Å². The van der Waals surface area contributed by atoms with Crippen molar-refractivity contribution in [2.24, 2.45) is 0 Å². The van der Waals surface area contributed by atoms with E-state index in [0.717, 1.165) is 5.56 Å². The summed E-state index contributed by atoms with van der Waals surface area (Å²) in [5, 5.41) is 13.6. The Morgan fingerprint density at radius 1 is 0.875 bits per heavy atom. The third kappa shape index (κ3) is 2.34. The van der Waals surface area contributed by atoms with Gasteiger partial charge in [-0.1, -0.05) is 60.7 Å². The summed E-state index contributed by atoms with van der Waals surface area (Å²) in [6.07, 6.45) is 0. The predicted octanol–water partition coefficient (Wildman–Crippen LogP) is 4.26. The molecule has 3 nitrogen and oxygen atoms in total. The van der Waals surface area contributed by atoms with Crippen LogP contribution >= 0.6 is 0 Å². The Morgan fingerprint density at radius 3 is 2.12 bits per heavy atom. The van der Waals surface area contributed by atoms with Crippen LogP contribution in [0.4, 0.5) is 0 Å². The van der Waals surface area contributed by atoms with Gasteiger partial charge in [-0.25, -0.2) is 0 Å². The quantitative estimate of drug-likeness (QED) is 0.755. The largest absolute Gasteiger partial charge is 0.504 e. The zero-order valence-corrected chi connectivity index (χ0v) is 13.5. The van der Waals surface area contributed by atoms with Gasteiger partial charge in [-0.2, -0.15) is 0 Å². The van der Waals surface area contributed by atoms with Gasteiger partial charge in [0.05, 0.1) is 13.2 Å². The van der Waals surface area contributed by atoms with Gasteiger partial charge >= 0.3 is 0 Å². The van der Waals surface area contributed by atoms with Crippen LogP contribution in [0, 0.1) is 0 Å². The van der Waals surface area contributed by atoms with E-state index in [1.54, 1.807) is 13.2 Å². The number of aromatic hydroxyl groups is 1. The van der Waals surface area contributed by atoms with Crippen molar-refractivity contribution >= 4 is 0 Å². The number of phenolic OH excluding ortho intramolecular Hbond substituents is 1. The van der Waals surface area contributed by atoms with Crippen molar-refractivity contribution in [3.8, 4) is 22.6 Å². The molecule has 2 N–H and O–H groups in total. The Kier molecular flexibility index (Phi) is 3.71. The third-order valence-electron chi connectivity index (χ3n) is 4.61. The van der Waals surface area contributed by atoms with Crippen molar-refractivity contribution in [2.75, 3.05) is 7.11 Å². The maximum Gasteiger partial charge on any atom is 0.164 e. The van der Waals surface area contributed by atoms with E-state index in [4.69, 9.17) is 4.74 Å². The van der Waals surface area contributed by atoms with E-state index in [-0.39, 0.29) is 11.8 Å². The van der Waals surface area contributed by atoms with Crippen LogP contribution in [-0.2, 0) is 6.54 Å². The molecule has 1 aliphatic rings. The summed E-state index contributed by atoms with van der Waals surface area (Å²) in [7, 11) is 1.58. The van der Waals surface area contributed by atoms with E-state index in [9.17, 15) is 5.11 Å².